The van der Waals surface area contributed by atoms with Crippen LogP contribution in [0.25, 0.3) is 0 Å². The molecule has 0 unspecified atom stereocenters. The van der Waals surface area contributed by atoms with Crippen LogP contribution in [0, 0.1) is 0 Å². The Balaban J connectivity index is 2.92. The van der Waals surface area contributed by atoms with Crippen molar-refractivity contribution in [3.05, 3.63) is 24.0 Å². The fraction of sp³-hybridized carbons (Fsp3) is 0.444. The third-order valence-electron chi connectivity index (χ3n) is 2.00. The zero-order valence-electron chi connectivity index (χ0n) is 6.95. The smallest absolute Gasteiger partial charge is 0.166 e. The summed E-state index contributed by atoms with van der Waals surface area (Å²) >= 11 is 0. The van der Waals surface area contributed by atoms with Crippen molar-refractivity contribution in [3.63, 3.8) is 0 Å². The Labute approximate surface area is 66.8 Å². The third kappa shape index (κ3) is 1.50. The van der Waals surface area contributed by atoms with Crippen LogP contribution in [0.5, 0.6) is 0 Å². The number of nitrogens with zero attached hydrogens (tertiary/aromatic N) is 1. The third-order valence-corrected chi connectivity index (χ3v) is 2.00. The van der Waals surface area contributed by atoms with Crippen LogP contribution in [0.4, 0.5) is 0 Å². The molecular formula is C9H13NO. The molecule has 11 heavy (non-hydrogen) atoms. The van der Waals surface area contributed by atoms with Gasteiger partial charge in [-0.15, -0.1) is 0 Å². The lowest BCUT2D eigenvalue weighted by atomic mass is 10.2. The highest BCUT2D eigenvalue weighted by molar-refractivity contribution is 5.72. The van der Waals surface area contributed by atoms with Crippen LogP contribution in [0.3, 0.4) is 0 Å². The molecule has 60 valence electrons. The van der Waals surface area contributed by atoms with Gasteiger partial charge in [0, 0.05) is 12.2 Å². The number of hydrogen-bond acceptors (Lipinski definition) is 1. The van der Waals surface area contributed by atoms with E-state index in [9.17, 15) is 4.79 Å². The second-order valence-electron chi connectivity index (χ2n) is 2.72. The molecule has 1 aromatic heterocycles. The quantitative estimate of drug-likeness (QED) is 0.607. The lowest BCUT2D eigenvalue weighted by Crippen LogP contribution is -2.05. The summed E-state index contributed by atoms with van der Waals surface area (Å²) in [5.74, 6) is 0. The fourth-order valence-corrected chi connectivity index (χ4v) is 1.10. The topological polar surface area (TPSA) is 22.0 Å². The van der Waals surface area contributed by atoms with Crippen LogP contribution in [-0.4, -0.2) is 10.9 Å². The minimum atomic E-state index is 0.421. The standard InChI is InChI=1S/C9H13NO/c1-3-8(2)10-6-4-5-9(10)7-11/h4-8H,3H2,1-2H3/t8-/m0/s1. The Bertz CT molecular complexity index is 239. The monoisotopic (exact) mass is 151 g/mol. The van der Waals surface area contributed by atoms with E-state index < -0.39 is 0 Å². The number of aromatic nitrogens is 1. The van der Waals surface area contributed by atoms with Gasteiger partial charge in [0.15, 0.2) is 6.29 Å². The molecule has 1 rings (SSSR count). The van der Waals surface area contributed by atoms with E-state index in [-0.39, 0.29) is 0 Å². The molecule has 0 bridgehead atoms. The minimum absolute atomic E-state index is 0.421. The van der Waals surface area contributed by atoms with Gasteiger partial charge in [0.05, 0.1) is 5.69 Å². The molecule has 0 aliphatic rings. The number of hydrogen-bond donors (Lipinski definition) is 0. The van der Waals surface area contributed by atoms with Crippen molar-refractivity contribution in [2.75, 3.05) is 0 Å². The van der Waals surface area contributed by atoms with Crippen LogP contribution in [-0.2, 0) is 0 Å². The predicted octanol–water partition coefficient (Wildman–Crippen LogP) is 2.27. The highest BCUT2D eigenvalue weighted by atomic mass is 16.1. The average molecular weight is 151 g/mol. The highest BCUT2D eigenvalue weighted by Gasteiger charge is 2.04. The molecule has 2 heteroatoms. The van der Waals surface area contributed by atoms with Gasteiger partial charge in [-0.05, 0) is 25.5 Å². The molecule has 1 aromatic rings. The van der Waals surface area contributed by atoms with Gasteiger partial charge in [0.1, 0.15) is 0 Å². The van der Waals surface area contributed by atoms with Crippen molar-refractivity contribution in [1.82, 2.24) is 4.57 Å². The Hall–Kier alpha value is -1.05. The van der Waals surface area contributed by atoms with Crippen LogP contribution < -0.4 is 0 Å². The van der Waals surface area contributed by atoms with Gasteiger partial charge in [0.25, 0.3) is 0 Å². The maximum Gasteiger partial charge on any atom is 0.166 e. The first-order valence-corrected chi connectivity index (χ1v) is 3.91. The van der Waals surface area contributed by atoms with Crippen molar-refractivity contribution in [2.24, 2.45) is 0 Å². The Morgan fingerprint density at radius 1 is 1.73 bits per heavy atom. The van der Waals surface area contributed by atoms with Crippen molar-refractivity contribution in [1.29, 1.82) is 0 Å². The Morgan fingerprint density at radius 2 is 2.45 bits per heavy atom. The van der Waals surface area contributed by atoms with Crippen molar-refractivity contribution < 1.29 is 4.79 Å². The number of carbonyl (C=O) groups excluding carboxylic acids is 1. The van der Waals surface area contributed by atoms with E-state index >= 15 is 0 Å². The first-order valence-electron chi connectivity index (χ1n) is 3.91. The largest absolute Gasteiger partial charge is 0.343 e. The van der Waals surface area contributed by atoms with Crippen LogP contribution >= 0.6 is 0 Å². The van der Waals surface area contributed by atoms with Gasteiger partial charge in [-0.1, -0.05) is 6.92 Å². The van der Waals surface area contributed by atoms with Gasteiger partial charge in [-0.3, -0.25) is 4.79 Å². The first kappa shape index (κ1) is 8.05. The minimum Gasteiger partial charge on any atom is -0.343 e. The lowest BCUT2D eigenvalue weighted by Gasteiger charge is -2.12. The molecule has 0 aliphatic carbocycles. The molecule has 0 aliphatic heterocycles. The van der Waals surface area contributed by atoms with E-state index in [2.05, 4.69) is 13.8 Å². The molecule has 2 nitrogen and oxygen atoms in total. The number of rotatable bonds is 3. The summed E-state index contributed by atoms with van der Waals surface area (Å²) in [5, 5.41) is 0. The molecule has 0 aromatic carbocycles. The lowest BCUT2D eigenvalue weighted by molar-refractivity contribution is 0.111. The van der Waals surface area contributed by atoms with Crippen LogP contribution in [0.15, 0.2) is 18.3 Å². The van der Waals surface area contributed by atoms with E-state index in [1.165, 1.54) is 0 Å². The van der Waals surface area contributed by atoms with Gasteiger partial charge in [0.2, 0.25) is 0 Å². The molecule has 0 radical (unpaired) electrons. The van der Waals surface area contributed by atoms with Crippen molar-refractivity contribution in [3.8, 4) is 0 Å². The Morgan fingerprint density at radius 3 is 3.00 bits per heavy atom. The number of carbonyl (C=O) groups is 1. The van der Waals surface area contributed by atoms with Crippen LogP contribution in [0.1, 0.15) is 36.8 Å². The van der Waals surface area contributed by atoms with E-state index in [1.54, 1.807) is 0 Å². The predicted molar refractivity (Wildman–Crippen MR) is 44.8 cm³/mol. The maximum atomic E-state index is 10.5. The molecular weight excluding hydrogens is 138 g/mol. The summed E-state index contributed by atoms with van der Waals surface area (Å²) in [6.07, 6.45) is 3.89. The van der Waals surface area contributed by atoms with E-state index in [0.29, 0.717) is 6.04 Å². The van der Waals surface area contributed by atoms with Gasteiger partial charge in [-0.25, -0.2) is 0 Å². The summed E-state index contributed by atoms with van der Waals surface area (Å²) in [5.41, 5.74) is 0.763. The first-order chi connectivity index (χ1) is 5.29. The summed E-state index contributed by atoms with van der Waals surface area (Å²) < 4.78 is 1.99. The summed E-state index contributed by atoms with van der Waals surface area (Å²) in [6.45, 7) is 4.21. The average Bonchev–Trinajstić information content (AvgIpc) is 2.50. The highest BCUT2D eigenvalue weighted by Crippen LogP contribution is 2.12. The van der Waals surface area contributed by atoms with Crippen molar-refractivity contribution in [2.45, 2.75) is 26.3 Å². The van der Waals surface area contributed by atoms with Gasteiger partial charge >= 0.3 is 0 Å². The van der Waals surface area contributed by atoms with Gasteiger partial charge in [-0.2, -0.15) is 0 Å². The molecule has 0 saturated carbocycles. The molecule has 0 N–H and O–H groups in total. The summed E-state index contributed by atoms with van der Waals surface area (Å²) in [6, 6.07) is 4.15. The van der Waals surface area contributed by atoms with E-state index in [4.69, 9.17) is 0 Å². The second-order valence-corrected chi connectivity index (χ2v) is 2.72. The second kappa shape index (κ2) is 3.37. The molecule has 1 atom stereocenters. The number of aldehydes is 1. The zero-order valence-corrected chi connectivity index (χ0v) is 6.95. The molecule has 0 fully saturated rings. The summed E-state index contributed by atoms with van der Waals surface area (Å²) in [7, 11) is 0. The normalized spacial score (nSPS) is 12.9. The van der Waals surface area contributed by atoms with Crippen LogP contribution in [0.2, 0.25) is 0 Å². The van der Waals surface area contributed by atoms with E-state index in [1.807, 2.05) is 22.9 Å². The maximum absolute atomic E-state index is 10.5. The SMILES string of the molecule is CC[C@H](C)n1cccc1C=O. The molecule has 0 saturated heterocycles. The molecule has 0 amide bonds. The van der Waals surface area contributed by atoms with Crippen molar-refractivity contribution >= 4 is 6.29 Å². The Kier molecular flexibility index (Phi) is 2.47. The fourth-order valence-electron chi connectivity index (χ4n) is 1.10. The summed E-state index contributed by atoms with van der Waals surface area (Å²) in [4.78, 5) is 10.5. The molecule has 0 spiro atoms. The molecule has 1 heterocycles. The van der Waals surface area contributed by atoms with E-state index in [0.717, 1.165) is 18.4 Å². The zero-order chi connectivity index (χ0) is 8.27. The van der Waals surface area contributed by atoms with Gasteiger partial charge < -0.3 is 4.57 Å².